The number of rotatable bonds is 6. The Morgan fingerprint density at radius 2 is 2.19 bits per heavy atom. The van der Waals surface area contributed by atoms with Gasteiger partial charge in [0.2, 0.25) is 0 Å². The molecule has 3 heteroatoms. The number of hydrogen-bond acceptors (Lipinski definition) is 2. The lowest BCUT2D eigenvalue weighted by Gasteiger charge is -2.27. The topological polar surface area (TPSA) is 29.5 Å². The number of benzene rings is 1. The molecule has 16 heavy (non-hydrogen) atoms. The fourth-order valence-electron chi connectivity index (χ4n) is 1.81. The third-order valence-corrected chi connectivity index (χ3v) is 2.89. The third-order valence-electron chi connectivity index (χ3n) is 2.89. The van der Waals surface area contributed by atoms with Gasteiger partial charge in [-0.25, -0.2) is 4.39 Å². The van der Waals surface area contributed by atoms with E-state index < -0.39 is 5.60 Å². The number of hydrogen-bond donors (Lipinski definition) is 1. The van der Waals surface area contributed by atoms with Gasteiger partial charge in [0.05, 0.1) is 5.60 Å². The molecule has 0 radical (unpaired) electrons. The molecule has 0 aliphatic rings. The summed E-state index contributed by atoms with van der Waals surface area (Å²) in [6.07, 6.45) is 1.91. The summed E-state index contributed by atoms with van der Waals surface area (Å²) in [6.45, 7) is 2.51. The van der Waals surface area contributed by atoms with E-state index >= 15 is 0 Å². The first-order valence-electron chi connectivity index (χ1n) is 5.60. The second-order valence-corrected chi connectivity index (χ2v) is 3.99. The second kappa shape index (κ2) is 5.97. The summed E-state index contributed by atoms with van der Waals surface area (Å²) in [5, 5.41) is 10.4. The van der Waals surface area contributed by atoms with Gasteiger partial charge in [0, 0.05) is 13.7 Å². The Morgan fingerprint density at radius 1 is 1.44 bits per heavy atom. The van der Waals surface area contributed by atoms with Crippen LogP contribution in [0.1, 0.15) is 31.7 Å². The first-order chi connectivity index (χ1) is 7.62. The van der Waals surface area contributed by atoms with Gasteiger partial charge in [-0.05, 0) is 37.0 Å². The van der Waals surface area contributed by atoms with Gasteiger partial charge >= 0.3 is 0 Å². The van der Waals surface area contributed by atoms with Gasteiger partial charge in [0.1, 0.15) is 5.82 Å². The van der Waals surface area contributed by atoms with Crippen molar-refractivity contribution in [1.82, 2.24) is 0 Å². The molecule has 0 bridgehead atoms. The van der Waals surface area contributed by atoms with E-state index in [9.17, 15) is 9.50 Å². The molecular weight excluding hydrogens is 207 g/mol. The maximum absolute atomic E-state index is 13.1. The fourth-order valence-corrected chi connectivity index (χ4v) is 1.81. The molecule has 0 saturated heterocycles. The first kappa shape index (κ1) is 13.1. The van der Waals surface area contributed by atoms with Crippen LogP contribution in [-0.4, -0.2) is 18.8 Å². The van der Waals surface area contributed by atoms with Crippen LogP contribution in [0.15, 0.2) is 24.3 Å². The molecule has 0 aromatic heterocycles. The Labute approximate surface area is 96.1 Å². The summed E-state index contributed by atoms with van der Waals surface area (Å²) >= 11 is 0. The van der Waals surface area contributed by atoms with Gasteiger partial charge in [-0.1, -0.05) is 19.1 Å². The highest BCUT2D eigenvalue weighted by atomic mass is 19.1. The zero-order valence-corrected chi connectivity index (χ0v) is 9.87. The van der Waals surface area contributed by atoms with Crippen LogP contribution >= 0.6 is 0 Å². The number of halogens is 1. The van der Waals surface area contributed by atoms with Crippen LogP contribution < -0.4 is 0 Å². The second-order valence-electron chi connectivity index (χ2n) is 3.99. The highest BCUT2D eigenvalue weighted by Crippen LogP contribution is 2.30. The van der Waals surface area contributed by atoms with Crippen molar-refractivity contribution in [2.75, 3.05) is 13.7 Å². The SMILES string of the molecule is CCC(O)(CCCOC)c1cccc(F)c1. The maximum Gasteiger partial charge on any atom is 0.123 e. The zero-order valence-electron chi connectivity index (χ0n) is 9.87. The summed E-state index contributed by atoms with van der Waals surface area (Å²) in [5.41, 5.74) is -0.299. The van der Waals surface area contributed by atoms with Crippen molar-refractivity contribution in [3.8, 4) is 0 Å². The fraction of sp³-hybridized carbons (Fsp3) is 0.538. The molecule has 0 fully saturated rings. The molecule has 0 aliphatic carbocycles. The molecule has 1 atom stereocenters. The van der Waals surface area contributed by atoms with Crippen LogP contribution in [0.4, 0.5) is 4.39 Å². The van der Waals surface area contributed by atoms with Gasteiger partial charge in [-0.15, -0.1) is 0 Å². The van der Waals surface area contributed by atoms with Crippen molar-refractivity contribution in [2.45, 2.75) is 31.8 Å². The molecular formula is C13H19FO2. The molecule has 1 aromatic carbocycles. The first-order valence-corrected chi connectivity index (χ1v) is 5.60. The molecule has 0 aliphatic heterocycles. The number of ether oxygens (including phenoxy) is 1. The van der Waals surface area contributed by atoms with E-state index in [1.165, 1.54) is 12.1 Å². The molecule has 0 heterocycles. The zero-order chi connectivity index (χ0) is 12.0. The van der Waals surface area contributed by atoms with E-state index in [4.69, 9.17) is 4.74 Å². The van der Waals surface area contributed by atoms with E-state index in [0.29, 0.717) is 25.0 Å². The molecule has 1 unspecified atom stereocenters. The van der Waals surface area contributed by atoms with Gasteiger partial charge in [-0.2, -0.15) is 0 Å². The Hall–Kier alpha value is -0.930. The lowest BCUT2D eigenvalue weighted by atomic mass is 9.87. The largest absolute Gasteiger partial charge is 0.385 e. The minimum atomic E-state index is -0.944. The summed E-state index contributed by atoms with van der Waals surface area (Å²) in [5.74, 6) is -0.309. The molecule has 1 rings (SSSR count). The van der Waals surface area contributed by atoms with E-state index in [0.717, 1.165) is 6.42 Å². The average molecular weight is 226 g/mol. The summed E-state index contributed by atoms with van der Waals surface area (Å²) < 4.78 is 18.0. The number of methoxy groups -OCH3 is 1. The van der Waals surface area contributed by atoms with E-state index in [2.05, 4.69) is 0 Å². The number of aliphatic hydroxyl groups is 1. The molecule has 0 saturated carbocycles. The predicted molar refractivity (Wildman–Crippen MR) is 61.7 cm³/mol. The highest BCUT2D eigenvalue weighted by Gasteiger charge is 2.26. The van der Waals surface area contributed by atoms with Crippen LogP contribution in [0.3, 0.4) is 0 Å². The van der Waals surface area contributed by atoms with Gasteiger partial charge in [0.25, 0.3) is 0 Å². The van der Waals surface area contributed by atoms with Crippen molar-refractivity contribution >= 4 is 0 Å². The Bertz CT molecular complexity index is 327. The van der Waals surface area contributed by atoms with Crippen LogP contribution in [0.25, 0.3) is 0 Å². The van der Waals surface area contributed by atoms with Crippen molar-refractivity contribution in [3.05, 3.63) is 35.6 Å². The average Bonchev–Trinajstić information content (AvgIpc) is 2.29. The van der Waals surface area contributed by atoms with Crippen LogP contribution in [0.2, 0.25) is 0 Å². The van der Waals surface area contributed by atoms with E-state index in [1.807, 2.05) is 6.92 Å². The molecule has 1 aromatic rings. The molecule has 1 N–H and O–H groups in total. The highest BCUT2D eigenvalue weighted by molar-refractivity contribution is 5.23. The Morgan fingerprint density at radius 3 is 2.75 bits per heavy atom. The van der Waals surface area contributed by atoms with Crippen molar-refractivity contribution in [1.29, 1.82) is 0 Å². The summed E-state index contributed by atoms with van der Waals surface area (Å²) in [6, 6.07) is 6.17. The minimum Gasteiger partial charge on any atom is -0.385 e. The summed E-state index contributed by atoms with van der Waals surface area (Å²) in [7, 11) is 1.63. The monoisotopic (exact) mass is 226 g/mol. The lowest BCUT2D eigenvalue weighted by molar-refractivity contribution is 0.0144. The molecule has 2 nitrogen and oxygen atoms in total. The lowest BCUT2D eigenvalue weighted by Crippen LogP contribution is -2.25. The van der Waals surface area contributed by atoms with Gasteiger partial charge in [-0.3, -0.25) is 0 Å². The quantitative estimate of drug-likeness (QED) is 0.756. The van der Waals surface area contributed by atoms with Crippen molar-refractivity contribution in [3.63, 3.8) is 0 Å². The van der Waals surface area contributed by atoms with Crippen LogP contribution in [0, 0.1) is 5.82 Å². The van der Waals surface area contributed by atoms with Crippen LogP contribution in [0.5, 0.6) is 0 Å². The molecule has 0 amide bonds. The normalized spacial score (nSPS) is 14.8. The van der Waals surface area contributed by atoms with Gasteiger partial charge < -0.3 is 9.84 Å². The van der Waals surface area contributed by atoms with Crippen molar-refractivity contribution < 1.29 is 14.2 Å². The standard InChI is InChI=1S/C13H19FO2/c1-3-13(15,8-5-9-16-2)11-6-4-7-12(14)10-11/h4,6-7,10,15H,3,5,8-9H2,1-2H3. The predicted octanol–water partition coefficient (Wildman–Crippen LogP) is 2.85. The summed E-state index contributed by atoms with van der Waals surface area (Å²) in [4.78, 5) is 0. The van der Waals surface area contributed by atoms with Crippen LogP contribution in [-0.2, 0) is 10.3 Å². The van der Waals surface area contributed by atoms with Crippen molar-refractivity contribution in [2.24, 2.45) is 0 Å². The Balaban J connectivity index is 2.78. The van der Waals surface area contributed by atoms with E-state index in [-0.39, 0.29) is 5.82 Å². The minimum absolute atomic E-state index is 0.309. The van der Waals surface area contributed by atoms with E-state index in [1.54, 1.807) is 19.2 Å². The Kier molecular flexibility index (Phi) is 4.90. The molecule has 0 spiro atoms. The smallest absolute Gasteiger partial charge is 0.123 e. The molecule has 90 valence electrons. The maximum atomic E-state index is 13.1. The van der Waals surface area contributed by atoms with Gasteiger partial charge in [0.15, 0.2) is 0 Å². The third kappa shape index (κ3) is 3.29.